The number of rotatable bonds is 5. The summed E-state index contributed by atoms with van der Waals surface area (Å²) in [5.74, 6) is 0.703. The molecule has 270 valence electrons. The second-order valence-corrected chi connectivity index (χ2v) is 14.9. The Bertz CT molecular complexity index is 3550. The minimum atomic E-state index is 0.703. The van der Waals surface area contributed by atoms with E-state index >= 15 is 0 Å². The first-order valence-corrected chi connectivity index (χ1v) is 19.7. The zero-order chi connectivity index (χ0) is 38.2. The van der Waals surface area contributed by atoms with Gasteiger partial charge in [-0.2, -0.15) is 0 Å². The molecule has 0 saturated heterocycles. The molecule has 4 heteroatoms. The minimum Gasteiger partial charge on any atom is -0.456 e. The van der Waals surface area contributed by atoms with Crippen molar-refractivity contribution in [1.29, 1.82) is 0 Å². The largest absolute Gasteiger partial charge is 0.456 e. The number of benzene rings is 9. The lowest BCUT2D eigenvalue weighted by Gasteiger charge is -2.10. The highest BCUT2D eigenvalue weighted by Crippen LogP contribution is 2.42. The van der Waals surface area contributed by atoms with Crippen LogP contribution in [0.2, 0.25) is 0 Å². The second-order valence-electron chi connectivity index (χ2n) is 14.9. The molecule has 0 saturated carbocycles. The van der Waals surface area contributed by atoms with Gasteiger partial charge >= 0.3 is 0 Å². The van der Waals surface area contributed by atoms with Crippen LogP contribution in [0.25, 0.3) is 116 Å². The molecule has 0 bridgehead atoms. The highest BCUT2D eigenvalue weighted by atomic mass is 16.3. The van der Waals surface area contributed by atoms with Crippen LogP contribution in [-0.2, 0) is 0 Å². The van der Waals surface area contributed by atoms with Crippen molar-refractivity contribution in [3.63, 3.8) is 0 Å². The van der Waals surface area contributed by atoms with Gasteiger partial charge in [0.15, 0.2) is 5.82 Å². The predicted octanol–water partition coefficient (Wildman–Crippen LogP) is 14.4. The molecular formula is C54H33N3O. The molecule has 0 fully saturated rings. The van der Waals surface area contributed by atoms with Crippen molar-refractivity contribution in [2.45, 2.75) is 0 Å². The van der Waals surface area contributed by atoms with Crippen LogP contribution in [0.1, 0.15) is 0 Å². The molecule has 0 aliphatic carbocycles. The molecule has 9 aromatic carbocycles. The van der Waals surface area contributed by atoms with Gasteiger partial charge in [-0.15, -0.1) is 0 Å². The van der Waals surface area contributed by atoms with Gasteiger partial charge in [0.2, 0.25) is 0 Å². The third-order valence-corrected chi connectivity index (χ3v) is 11.6. The van der Waals surface area contributed by atoms with Crippen molar-refractivity contribution in [3.05, 3.63) is 200 Å². The molecule has 0 spiro atoms. The van der Waals surface area contributed by atoms with Gasteiger partial charge in [-0.05, 0) is 87.6 Å². The van der Waals surface area contributed by atoms with Crippen molar-refractivity contribution in [2.75, 3.05) is 0 Å². The van der Waals surface area contributed by atoms with Gasteiger partial charge in [0, 0.05) is 43.7 Å². The van der Waals surface area contributed by atoms with E-state index in [0.29, 0.717) is 5.82 Å². The molecule has 0 aliphatic heterocycles. The Morgan fingerprint density at radius 3 is 1.84 bits per heavy atom. The molecule has 0 unspecified atom stereocenters. The number of hydrogen-bond donors (Lipinski definition) is 0. The fourth-order valence-electron chi connectivity index (χ4n) is 8.88. The Labute approximate surface area is 333 Å². The summed E-state index contributed by atoms with van der Waals surface area (Å²) in [5, 5.41) is 8.15. The van der Waals surface area contributed by atoms with Crippen LogP contribution in [-0.4, -0.2) is 14.5 Å². The van der Waals surface area contributed by atoms with Crippen LogP contribution in [0.15, 0.2) is 205 Å². The smallest absolute Gasteiger partial charge is 0.160 e. The lowest BCUT2D eigenvalue weighted by Crippen LogP contribution is -1.95. The van der Waals surface area contributed by atoms with Crippen LogP contribution in [0, 0.1) is 0 Å². The molecule has 0 atom stereocenters. The fraction of sp³-hybridized carbons (Fsp3) is 0. The summed E-state index contributed by atoms with van der Waals surface area (Å²) in [6, 6.07) is 70.9. The SMILES string of the molecule is c1ccc(-c2nc(-c3cccc4oc5ccc(-c6ccc(-c7ccc8c(c7)c7c9ccccc9ccc7n8-c7ccccc7)cc6)cc5c34)c3ccccc3n2)cc1. The summed E-state index contributed by atoms with van der Waals surface area (Å²) >= 11 is 0. The maximum Gasteiger partial charge on any atom is 0.160 e. The molecule has 4 nitrogen and oxygen atoms in total. The number of fused-ring (bicyclic) bond motifs is 9. The monoisotopic (exact) mass is 739 g/mol. The summed E-state index contributed by atoms with van der Waals surface area (Å²) < 4.78 is 8.88. The number of hydrogen-bond acceptors (Lipinski definition) is 3. The minimum absolute atomic E-state index is 0.703. The molecule has 58 heavy (non-hydrogen) atoms. The maximum absolute atomic E-state index is 6.49. The van der Waals surface area contributed by atoms with Crippen molar-refractivity contribution in [1.82, 2.24) is 14.5 Å². The molecule has 12 rings (SSSR count). The molecule has 0 amide bonds. The van der Waals surface area contributed by atoms with Crippen LogP contribution in [0.4, 0.5) is 0 Å². The number of para-hydroxylation sites is 2. The van der Waals surface area contributed by atoms with E-state index in [1.165, 1.54) is 43.7 Å². The highest BCUT2D eigenvalue weighted by molar-refractivity contribution is 6.22. The first kappa shape index (κ1) is 32.4. The van der Waals surface area contributed by atoms with Crippen LogP contribution in [0.3, 0.4) is 0 Å². The zero-order valence-electron chi connectivity index (χ0n) is 31.3. The first-order chi connectivity index (χ1) is 28.7. The van der Waals surface area contributed by atoms with Crippen LogP contribution in [0.5, 0.6) is 0 Å². The molecule has 3 aromatic heterocycles. The van der Waals surface area contributed by atoms with Crippen molar-refractivity contribution < 1.29 is 4.42 Å². The van der Waals surface area contributed by atoms with Gasteiger partial charge in [0.1, 0.15) is 11.2 Å². The van der Waals surface area contributed by atoms with Gasteiger partial charge in [0.05, 0.1) is 22.2 Å². The average molecular weight is 740 g/mol. The van der Waals surface area contributed by atoms with E-state index in [2.05, 4.69) is 174 Å². The summed E-state index contributed by atoms with van der Waals surface area (Å²) in [4.78, 5) is 10.2. The highest BCUT2D eigenvalue weighted by Gasteiger charge is 2.19. The van der Waals surface area contributed by atoms with E-state index in [9.17, 15) is 0 Å². The topological polar surface area (TPSA) is 43.9 Å². The van der Waals surface area contributed by atoms with Crippen molar-refractivity contribution in [2.24, 2.45) is 0 Å². The third kappa shape index (κ3) is 5.09. The van der Waals surface area contributed by atoms with E-state index in [1.54, 1.807) is 0 Å². The first-order valence-electron chi connectivity index (χ1n) is 19.7. The zero-order valence-corrected chi connectivity index (χ0v) is 31.3. The second kappa shape index (κ2) is 12.9. The quantitative estimate of drug-likeness (QED) is 0.177. The summed E-state index contributed by atoms with van der Waals surface area (Å²) in [7, 11) is 0. The lowest BCUT2D eigenvalue weighted by molar-refractivity contribution is 0.669. The molecule has 12 aromatic rings. The number of aromatic nitrogens is 3. The molecule has 3 heterocycles. The Balaban J connectivity index is 0.972. The van der Waals surface area contributed by atoms with Gasteiger partial charge in [-0.1, -0.05) is 146 Å². The van der Waals surface area contributed by atoms with Gasteiger partial charge in [-0.25, -0.2) is 9.97 Å². The van der Waals surface area contributed by atoms with Crippen molar-refractivity contribution >= 4 is 65.4 Å². The summed E-state index contributed by atoms with van der Waals surface area (Å²) in [6.07, 6.45) is 0. The Morgan fingerprint density at radius 1 is 0.379 bits per heavy atom. The molecule has 0 radical (unpaired) electrons. The Morgan fingerprint density at radius 2 is 1.03 bits per heavy atom. The van der Waals surface area contributed by atoms with Gasteiger partial charge in [-0.3, -0.25) is 0 Å². The van der Waals surface area contributed by atoms with E-state index in [-0.39, 0.29) is 0 Å². The molecular weight excluding hydrogens is 707 g/mol. The molecule has 0 aliphatic rings. The normalized spacial score (nSPS) is 11.8. The maximum atomic E-state index is 6.49. The lowest BCUT2D eigenvalue weighted by atomic mass is 9.96. The number of furan rings is 1. The van der Waals surface area contributed by atoms with Crippen LogP contribution >= 0.6 is 0 Å². The van der Waals surface area contributed by atoms with E-state index < -0.39 is 0 Å². The van der Waals surface area contributed by atoms with E-state index in [0.717, 1.165) is 66.5 Å². The average Bonchev–Trinajstić information content (AvgIpc) is 3.85. The Kier molecular flexibility index (Phi) is 7.20. The fourth-order valence-corrected chi connectivity index (χ4v) is 8.88. The molecule has 0 N–H and O–H groups in total. The summed E-state index contributed by atoms with van der Waals surface area (Å²) in [6.45, 7) is 0. The van der Waals surface area contributed by atoms with Gasteiger partial charge in [0.25, 0.3) is 0 Å². The third-order valence-electron chi connectivity index (χ3n) is 11.6. The summed E-state index contributed by atoms with van der Waals surface area (Å²) in [5.41, 5.74) is 13.7. The van der Waals surface area contributed by atoms with Gasteiger partial charge < -0.3 is 8.98 Å². The Hall–Kier alpha value is -7.82. The van der Waals surface area contributed by atoms with Crippen LogP contribution < -0.4 is 0 Å². The van der Waals surface area contributed by atoms with E-state index in [1.807, 2.05) is 30.3 Å². The predicted molar refractivity (Wildman–Crippen MR) is 240 cm³/mol. The standard InChI is InChI=1S/C54H33N3O/c1-3-13-37(14-4-1)54-55-46-20-10-9-18-42(46)53(56-54)43-19-11-21-50-52(43)45-33-39(28-31-49(45)58-50)35-24-22-34(23-25-35)38-27-29-47-44(32-38)51-41-17-8-7-12-36(41)26-30-48(51)57(47)40-15-5-2-6-16-40/h1-33H. The number of nitrogens with zero attached hydrogens (tertiary/aromatic N) is 3. The van der Waals surface area contributed by atoms with E-state index in [4.69, 9.17) is 14.4 Å². The van der Waals surface area contributed by atoms with Crippen molar-refractivity contribution in [3.8, 4) is 50.6 Å².